The van der Waals surface area contributed by atoms with E-state index in [0.717, 1.165) is 36.8 Å². The van der Waals surface area contributed by atoms with Crippen LogP contribution in [0.15, 0.2) is 48.8 Å². The van der Waals surface area contributed by atoms with Crippen molar-refractivity contribution < 1.29 is 23.4 Å². The number of carbonyl (C=O) groups is 1. The average Bonchev–Trinajstić information content (AvgIpc) is 2.98. The minimum Gasteiger partial charge on any atom is -0.462 e. The Morgan fingerprint density at radius 1 is 1.02 bits per heavy atom. The van der Waals surface area contributed by atoms with Crippen molar-refractivity contribution in [2.75, 3.05) is 5.32 Å². The predicted octanol–water partition coefficient (Wildman–Crippen LogP) is 6.36. The van der Waals surface area contributed by atoms with E-state index in [4.69, 9.17) is 10.5 Å². The number of aryl methyl sites for hydroxylation is 1. The standard InChI is InChI=1S/C32H39F2N5O3/c1-19-15-26(38-29(16-19)39-28-17-21(30(33)34)13-14-36-28)22-5-12-27(37-18-22)32(2,41)23-6-3-20(4-7-23)31(40)42-25-10-8-24(35)9-11-25/h5,12-18,20,23-25,30,41H,3-4,6-11,35H2,1-2H3,(H,36,38,39)/t20-,23-,24-,25-,32-/m1/s1. The van der Waals surface area contributed by atoms with Crippen LogP contribution in [0, 0.1) is 18.8 Å². The van der Waals surface area contributed by atoms with Crippen molar-refractivity contribution in [3.63, 3.8) is 0 Å². The van der Waals surface area contributed by atoms with E-state index in [1.165, 1.54) is 18.3 Å². The molecule has 0 amide bonds. The van der Waals surface area contributed by atoms with E-state index >= 15 is 0 Å². The minimum atomic E-state index is -2.59. The van der Waals surface area contributed by atoms with Gasteiger partial charge in [0.1, 0.15) is 23.3 Å². The Bertz CT molecular complexity index is 1370. The molecule has 8 nitrogen and oxygen atoms in total. The lowest BCUT2D eigenvalue weighted by Crippen LogP contribution is -2.38. The van der Waals surface area contributed by atoms with Crippen LogP contribution in [0.25, 0.3) is 11.3 Å². The molecule has 0 unspecified atom stereocenters. The van der Waals surface area contributed by atoms with Crippen LogP contribution in [0.2, 0.25) is 0 Å². The molecule has 2 fully saturated rings. The predicted molar refractivity (Wildman–Crippen MR) is 156 cm³/mol. The van der Waals surface area contributed by atoms with Crippen LogP contribution in [-0.4, -0.2) is 38.2 Å². The van der Waals surface area contributed by atoms with Gasteiger partial charge in [0.2, 0.25) is 0 Å². The number of nitrogens with zero attached hydrogens (tertiary/aromatic N) is 3. The second kappa shape index (κ2) is 12.8. The number of halogens is 2. The summed E-state index contributed by atoms with van der Waals surface area (Å²) in [5.41, 5.74) is 7.59. The number of rotatable bonds is 8. The number of hydrogen-bond acceptors (Lipinski definition) is 8. The third kappa shape index (κ3) is 7.10. The van der Waals surface area contributed by atoms with E-state index in [9.17, 15) is 18.7 Å². The molecule has 3 aromatic rings. The summed E-state index contributed by atoms with van der Waals surface area (Å²) in [6, 6.07) is 10.2. The zero-order valence-electron chi connectivity index (χ0n) is 24.1. The maximum atomic E-state index is 13.1. The minimum absolute atomic E-state index is 0.0241. The number of pyridine rings is 3. The number of alkyl halides is 2. The zero-order valence-corrected chi connectivity index (χ0v) is 24.1. The summed E-state index contributed by atoms with van der Waals surface area (Å²) >= 11 is 0. The number of aromatic nitrogens is 3. The van der Waals surface area contributed by atoms with Gasteiger partial charge < -0.3 is 20.9 Å². The molecule has 10 heteroatoms. The highest BCUT2D eigenvalue weighted by Gasteiger charge is 2.39. The number of ether oxygens (including phenoxy) is 1. The van der Waals surface area contributed by atoms with Crippen LogP contribution in [0.5, 0.6) is 0 Å². The number of anilines is 2. The van der Waals surface area contributed by atoms with Gasteiger partial charge in [0.05, 0.1) is 17.3 Å². The Balaban J connectivity index is 1.21. The topological polar surface area (TPSA) is 123 Å². The van der Waals surface area contributed by atoms with Crippen molar-refractivity contribution in [3.8, 4) is 11.3 Å². The quantitative estimate of drug-likeness (QED) is 0.264. The van der Waals surface area contributed by atoms with Gasteiger partial charge in [-0.15, -0.1) is 0 Å². The molecule has 0 spiro atoms. The largest absolute Gasteiger partial charge is 0.462 e. The van der Waals surface area contributed by atoms with Crippen LogP contribution in [-0.2, 0) is 15.1 Å². The number of esters is 1. The molecule has 0 radical (unpaired) electrons. The van der Waals surface area contributed by atoms with Gasteiger partial charge in [0.25, 0.3) is 6.43 Å². The van der Waals surface area contributed by atoms with Crippen LogP contribution in [0.3, 0.4) is 0 Å². The third-order valence-corrected chi connectivity index (χ3v) is 8.70. The molecule has 4 N–H and O–H groups in total. The van der Waals surface area contributed by atoms with Gasteiger partial charge >= 0.3 is 5.97 Å². The lowest BCUT2D eigenvalue weighted by Gasteiger charge is -2.37. The molecule has 1 atom stereocenters. The maximum absolute atomic E-state index is 13.1. The molecule has 0 aromatic carbocycles. The second-order valence-corrected chi connectivity index (χ2v) is 11.9. The Labute approximate surface area is 245 Å². The van der Waals surface area contributed by atoms with E-state index in [-0.39, 0.29) is 41.3 Å². The number of nitrogens with two attached hydrogens (primary N) is 1. The van der Waals surface area contributed by atoms with Gasteiger partial charge in [0.15, 0.2) is 0 Å². The molecular formula is C32H39F2N5O3. The monoisotopic (exact) mass is 579 g/mol. The molecule has 42 heavy (non-hydrogen) atoms. The maximum Gasteiger partial charge on any atom is 0.309 e. The van der Waals surface area contributed by atoms with Gasteiger partial charge in [-0.1, -0.05) is 0 Å². The highest BCUT2D eigenvalue weighted by molar-refractivity contribution is 5.72. The smallest absolute Gasteiger partial charge is 0.309 e. The molecule has 3 aromatic heterocycles. The molecular weight excluding hydrogens is 540 g/mol. The van der Waals surface area contributed by atoms with Crippen LogP contribution in [0.4, 0.5) is 20.4 Å². The van der Waals surface area contributed by atoms with Crippen molar-refractivity contribution in [1.82, 2.24) is 15.0 Å². The first kappa shape index (κ1) is 30.0. The van der Waals surface area contributed by atoms with Gasteiger partial charge in [-0.05, 0) is 113 Å². The van der Waals surface area contributed by atoms with Crippen molar-refractivity contribution in [2.45, 2.75) is 89.4 Å². The summed E-state index contributed by atoms with van der Waals surface area (Å²) in [4.78, 5) is 26.1. The van der Waals surface area contributed by atoms with Crippen LogP contribution >= 0.6 is 0 Å². The normalized spacial score (nSPS) is 24.2. The lowest BCUT2D eigenvalue weighted by molar-refractivity contribution is -0.158. The summed E-state index contributed by atoms with van der Waals surface area (Å²) in [5, 5.41) is 14.5. The number of hydrogen-bond donors (Lipinski definition) is 3. The van der Waals surface area contributed by atoms with Crippen molar-refractivity contribution >= 4 is 17.6 Å². The lowest BCUT2D eigenvalue weighted by atomic mass is 9.73. The second-order valence-electron chi connectivity index (χ2n) is 11.9. The number of nitrogens with one attached hydrogen (secondary N) is 1. The molecule has 224 valence electrons. The summed E-state index contributed by atoms with van der Waals surface area (Å²) in [5.74, 6) is 0.474. The third-order valence-electron chi connectivity index (χ3n) is 8.70. The Hall–Kier alpha value is -3.50. The van der Waals surface area contributed by atoms with Crippen molar-refractivity contribution in [1.29, 1.82) is 0 Å². The van der Waals surface area contributed by atoms with E-state index in [0.29, 0.717) is 42.9 Å². The summed E-state index contributed by atoms with van der Waals surface area (Å²) in [6.45, 7) is 3.71. The molecule has 0 aliphatic heterocycles. The first-order valence-electron chi connectivity index (χ1n) is 14.7. The van der Waals surface area contributed by atoms with Gasteiger partial charge in [-0.2, -0.15) is 0 Å². The van der Waals surface area contributed by atoms with Crippen LogP contribution < -0.4 is 11.1 Å². The number of carbonyl (C=O) groups excluding carboxylic acids is 1. The highest BCUT2D eigenvalue weighted by atomic mass is 19.3. The van der Waals surface area contributed by atoms with Crippen molar-refractivity contribution in [3.05, 3.63) is 65.6 Å². The molecule has 5 rings (SSSR count). The summed E-state index contributed by atoms with van der Waals surface area (Å²) in [6.07, 6.45) is 6.65. The Morgan fingerprint density at radius 3 is 2.43 bits per heavy atom. The molecule has 2 aliphatic carbocycles. The summed E-state index contributed by atoms with van der Waals surface area (Å²) < 4.78 is 32.0. The number of aliphatic hydroxyl groups is 1. The highest BCUT2D eigenvalue weighted by Crippen LogP contribution is 2.41. The zero-order chi connectivity index (χ0) is 29.9. The summed E-state index contributed by atoms with van der Waals surface area (Å²) in [7, 11) is 0. The fraction of sp³-hybridized carbons (Fsp3) is 0.500. The van der Waals surface area contributed by atoms with E-state index in [2.05, 4.69) is 20.3 Å². The van der Waals surface area contributed by atoms with Gasteiger partial charge in [-0.25, -0.2) is 18.7 Å². The Kier molecular flexibility index (Phi) is 9.13. The average molecular weight is 580 g/mol. The van der Waals surface area contributed by atoms with Gasteiger partial charge in [-0.3, -0.25) is 9.78 Å². The fourth-order valence-corrected chi connectivity index (χ4v) is 6.07. The van der Waals surface area contributed by atoms with Crippen LogP contribution in [0.1, 0.15) is 81.5 Å². The first-order chi connectivity index (χ1) is 20.1. The van der Waals surface area contributed by atoms with E-state index in [1.807, 2.05) is 31.2 Å². The molecule has 2 saturated carbocycles. The van der Waals surface area contributed by atoms with E-state index < -0.39 is 12.0 Å². The Morgan fingerprint density at radius 2 is 1.76 bits per heavy atom. The first-order valence-corrected chi connectivity index (χ1v) is 14.7. The van der Waals surface area contributed by atoms with Crippen molar-refractivity contribution in [2.24, 2.45) is 17.6 Å². The SMILES string of the molecule is Cc1cc(Nc2cc(C(F)F)ccn2)nc(-c2ccc([C@](C)(O)[C@H]3CC[C@H](C(=O)O[C@H]4CC[C@H](N)CC4)CC3)nc2)c1. The van der Waals surface area contributed by atoms with E-state index in [1.54, 1.807) is 13.1 Å². The fourth-order valence-electron chi connectivity index (χ4n) is 6.07. The molecule has 0 bridgehead atoms. The molecule has 2 aliphatic rings. The molecule has 0 saturated heterocycles. The van der Waals surface area contributed by atoms with Gasteiger partial charge in [0, 0.05) is 29.6 Å². The molecule has 3 heterocycles.